The van der Waals surface area contributed by atoms with Crippen LogP contribution in [-0.2, 0) is 9.59 Å². The quantitative estimate of drug-likeness (QED) is 0.632. The van der Waals surface area contributed by atoms with Gasteiger partial charge in [-0.05, 0) is 12.1 Å². The molecule has 0 radical (unpaired) electrons. The number of hydrogen-bond acceptors (Lipinski definition) is 4. The molecule has 15 heavy (non-hydrogen) atoms. The van der Waals surface area contributed by atoms with Crippen LogP contribution in [0.5, 0.6) is 5.75 Å². The zero-order valence-corrected chi connectivity index (χ0v) is 7.80. The fourth-order valence-corrected chi connectivity index (χ4v) is 1.46. The minimum Gasteiger partial charge on any atom is -0.548 e. The molecule has 0 bridgehead atoms. The number of nitrogens with zero attached hydrogens (tertiary/aromatic N) is 1. The Morgan fingerprint density at radius 2 is 2.20 bits per heavy atom. The number of benzene rings is 1. The molecule has 0 saturated carbocycles. The highest BCUT2D eigenvalue weighted by molar-refractivity contribution is 6.00. The average molecular weight is 206 g/mol. The van der Waals surface area contributed by atoms with Crippen molar-refractivity contribution in [1.82, 2.24) is 0 Å². The van der Waals surface area contributed by atoms with E-state index in [1.807, 2.05) is 0 Å². The number of aliphatic carboxylic acids is 1. The monoisotopic (exact) mass is 206 g/mol. The predicted molar refractivity (Wildman–Crippen MR) is 49.3 cm³/mol. The first-order valence-electron chi connectivity index (χ1n) is 4.40. The molecule has 78 valence electrons. The summed E-state index contributed by atoms with van der Waals surface area (Å²) in [4.78, 5) is 23.0. The molecule has 1 heterocycles. The summed E-state index contributed by atoms with van der Waals surface area (Å²) in [5.41, 5.74) is 0.470. The van der Waals surface area contributed by atoms with Crippen molar-refractivity contribution >= 4 is 17.6 Å². The van der Waals surface area contributed by atoms with Gasteiger partial charge in [0.2, 0.25) is 0 Å². The van der Waals surface area contributed by atoms with E-state index >= 15 is 0 Å². The molecule has 1 aromatic rings. The van der Waals surface area contributed by atoms with Crippen LogP contribution in [0.4, 0.5) is 5.69 Å². The third-order valence-electron chi connectivity index (χ3n) is 2.10. The molecule has 0 fully saturated rings. The second-order valence-electron chi connectivity index (χ2n) is 3.11. The number of ether oxygens (including phenoxy) is 1. The Morgan fingerprint density at radius 1 is 1.47 bits per heavy atom. The van der Waals surface area contributed by atoms with Gasteiger partial charge in [0.25, 0.3) is 5.91 Å². The Morgan fingerprint density at radius 3 is 2.93 bits per heavy atom. The van der Waals surface area contributed by atoms with Gasteiger partial charge in [0, 0.05) is 0 Å². The molecular formula is C10H8NO4-. The summed E-state index contributed by atoms with van der Waals surface area (Å²) in [6.07, 6.45) is 0. The van der Waals surface area contributed by atoms with Crippen molar-refractivity contribution in [2.45, 2.75) is 0 Å². The van der Waals surface area contributed by atoms with Crippen molar-refractivity contribution in [3.8, 4) is 5.75 Å². The maximum Gasteiger partial charge on any atom is 0.265 e. The normalized spacial score (nSPS) is 14.4. The number of carboxylic acids is 1. The Hall–Kier alpha value is -2.04. The lowest BCUT2D eigenvalue weighted by Crippen LogP contribution is -2.45. The molecule has 2 rings (SSSR count). The van der Waals surface area contributed by atoms with E-state index in [1.54, 1.807) is 24.3 Å². The minimum absolute atomic E-state index is 0.135. The Kier molecular flexibility index (Phi) is 2.29. The topological polar surface area (TPSA) is 69.7 Å². The van der Waals surface area contributed by atoms with Gasteiger partial charge in [0.15, 0.2) is 6.61 Å². The molecule has 1 aromatic carbocycles. The third kappa shape index (κ3) is 1.76. The number of carbonyl (C=O) groups excluding carboxylic acids is 2. The van der Waals surface area contributed by atoms with Crippen molar-refractivity contribution in [3.63, 3.8) is 0 Å². The molecule has 0 aliphatic carbocycles. The number of amides is 1. The molecule has 0 saturated heterocycles. The molecule has 0 atom stereocenters. The van der Waals surface area contributed by atoms with Crippen molar-refractivity contribution in [3.05, 3.63) is 24.3 Å². The lowest BCUT2D eigenvalue weighted by Gasteiger charge is -2.29. The van der Waals surface area contributed by atoms with Crippen LogP contribution in [0.15, 0.2) is 24.3 Å². The average Bonchev–Trinajstić information content (AvgIpc) is 2.22. The van der Waals surface area contributed by atoms with Gasteiger partial charge in [-0.3, -0.25) is 4.79 Å². The summed E-state index contributed by atoms with van der Waals surface area (Å²) in [6, 6.07) is 6.79. The first kappa shape index (κ1) is 9.51. The first-order chi connectivity index (χ1) is 7.18. The van der Waals surface area contributed by atoms with Gasteiger partial charge in [-0.15, -0.1) is 0 Å². The van der Waals surface area contributed by atoms with Gasteiger partial charge in [0.05, 0.1) is 18.2 Å². The number of para-hydroxylation sites is 2. The van der Waals surface area contributed by atoms with E-state index in [1.165, 1.54) is 0 Å². The maximum absolute atomic E-state index is 11.4. The molecule has 0 N–H and O–H groups in total. The van der Waals surface area contributed by atoms with Crippen LogP contribution in [0.2, 0.25) is 0 Å². The fraction of sp³-hybridized carbons (Fsp3) is 0.200. The summed E-state index contributed by atoms with van der Waals surface area (Å²) in [5, 5.41) is 10.5. The van der Waals surface area contributed by atoms with Crippen LogP contribution >= 0.6 is 0 Å². The van der Waals surface area contributed by atoms with Crippen molar-refractivity contribution in [2.24, 2.45) is 0 Å². The van der Waals surface area contributed by atoms with Gasteiger partial charge >= 0.3 is 0 Å². The van der Waals surface area contributed by atoms with Crippen LogP contribution in [0.25, 0.3) is 0 Å². The number of rotatable bonds is 2. The van der Waals surface area contributed by atoms with Gasteiger partial charge in [0.1, 0.15) is 5.75 Å². The van der Waals surface area contributed by atoms with Gasteiger partial charge in [-0.25, -0.2) is 0 Å². The van der Waals surface area contributed by atoms with E-state index in [9.17, 15) is 14.7 Å². The van der Waals surface area contributed by atoms with E-state index in [0.29, 0.717) is 11.4 Å². The SMILES string of the molecule is O=C([O-])CN1C(=O)COc2ccccc21. The molecule has 1 aliphatic rings. The second kappa shape index (κ2) is 3.61. The minimum atomic E-state index is -1.29. The molecule has 1 amide bonds. The van der Waals surface area contributed by atoms with E-state index in [0.717, 1.165) is 4.90 Å². The molecule has 5 heteroatoms. The molecular weight excluding hydrogens is 198 g/mol. The summed E-state index contributed by atoms with van der Waals surface area (Å²) in [7, 11) is 0. The first-order valence-corrected chi connectivity index (χ1v) is 4.40. The number of anilines is 1. The highest BCUT2D eigenvalue weighted by Gasteiger charge is 2.24. The smallest absolute Gasteiger partial charge is 0.265 e. The zero-order valence-electron chi connectivity index (χ0n) is 7.80. The lowest BCUT2D eigenvalue weighted by molar-refractivity contribution is -0.303. The molecule has 1 aliphatic heterocycles. The van der Waals surface area contributed by atoms with E-state index in [2.05, 4.69) is 0 Å². The van der Waals surface area contributed by atoms with Gasteiger partial charge < -0.3 is 19.5 Å². The number of fused-ring (bicyclic) bond motifs is 1. The predicted octanol–water partition coefficient (Wildman–Crippen LogP) is -0.838. The Balaban J connectivity index is 2.37. The standard InChI is InChI=1S/C10H9NO4/c12-9-6-15-8-4-2-1-3-7(8)11(9)5-10(13)14/h1-4H,5-6H2,(H,13,14)/p-1. The molecule has 0 unspecified atom stereocenters. The van der Waals surface area contributed by atoms with Crippen molar-refractivity contribution < 1.29 is 19.4 Å². The molecule has 0 aromatic heterocycles. The molecule has 5 nitrogen and oxygen atoms in total. The second-order valence-corrected chi connectivity index (χ2v) is 3.11. The fourth-order valence-electron chi connectivity index (χ4n) is 1.46. The summed E-state index contributed by atoms with van der Waals surface area (Å²) in [6.45, 7) is -0.580. The number of carboxylic acid groups (broad SMARTS) is 1. The third-order valence-corrected chi connectivity index (χ3v) is 2.10. The summed E-state index contributed by atoms with van der Waals surface area (Å²) in [5.74, 6) is -1.16. The van der Waals surface area contributed by atoms with Crippen LogP contribution in [0.1, 0.15) is 0 Å². The maximum atomic E-state index is 11.4. The van der Waals surface area contributed by atoms with E-state index in [4.69, 9.17) is 4.74 Å². The largest absolute Gasteiger partial charge is 0.548 e. The lowest BCUT2D eigenvalue weighted by atomic mass is 10.2. The van der Waals surface area contributed by atoms with Crippen LogP contribution in [-0.4, -0.2) is 25.0 Å². The Labute approximate surface area is 85.9 Å². The van der Waals surface area contributed by atoms with E-state index in [-0.39, 0.29) is 12.5 Å². The van der Waals surface area contributed by atoms with Gasteiger partial charge in [-0.1, -0.05) is 12.1 Å². The van der Waals surface area contributed by atoms with Crippen molar-refractivity contribution in [1.29, 1.82) is 0 Å². The molecule has 0 spiro atoms. The van der Waals surface area contributed by atoms with E-state index < -0.39 is 12.5 Å². The zero-order chi connectivity index (χ0) is 10.8. The van der Waals surface area contributed by atoms with Gasteiger partial charge in [-0.2, -0.15) is 0 Å². The van der Waals surface area contributed by atoms with Crippen LogP contribution in [0.3, 0.4) is 0 Å². The van der Waals surface area contributed by atoms with Crippen LogP contribution in [0, 0.1) is 0 Å². The van der Waals surface area contributed by atoms with Crippen molar-refractivity contribution in [2.75, 3.05) is 18.1 Å². The number of carbonyl (C=O) groups is 2. The number of hydrogen-bond donors (Lipinski definition) is 0. The summed E-state index contributed by atoms with van der Waals surface area (Å²) < 4.78 is 5.14. The van der Waals surface area contributed by atoms with Crippen LogP contribution < -0.4 is 14.7 Å². The summed E-state index contributed by atoms with van der Waals surface area (Å²) >= 11 is 0. The Bertz CT molecular complexity index is 416. The highest BCUT2D eigenvalue weighted by atomic mass is 16.5. The highest BCUT2D eigenvalue weighted by Crippen LogP contribution is 2.30.